The Morgan fingerprint density at radius 3 is 1.24 bits per heavy atom. The van der Waals surface area contributed by atoms with Crippen LogP contribution in [0.2, 0.25) is 0 Å². The van der Waals surface area contributed by atoms with E-state index in [-0.39, 0.29) is 14.8 Å². The molecular formula is C9H15O3PS4. The number of rotatable bonds is 6. The molecule has 0 amide bonds. The summed E-state index contributed by atoms with van der Waals surface area (Å²) in [6.07, 6.45) is 0. The highest BCUT2D eigenvalue weighted by Crippen LogP contribution is 2.70. The maximum absolute atomic E-state index is 5.99. The van der Waals surface area contributed by atoms with Crippen molar-refractivity contribution in [3.8, 4) is 0 Å². The first-order valence-corrected chi connectivity index (χ1v) is 10.9. The van der Waals surface area contributed by atoms with Gasteiger partial charge in [0.05, 0.1) is 0 Å². The summed E-state index contributed by atoms with van der Waals surface area (Å²) in [4.78, 5) is -0.538. The SMILES string of the molecule is CC1(OP(=S)(OC2(C)CS2)OC2(C)CS2)CS1. The molecule has 3 rings (SSSR count). The normalized spacial score (nSPS) is 50.8. The van der Waals surface area contributed by atoms with Gasteiger partial charge in [-0.3, -0.25) is 13.6 Å². The van der Waals surface area contributed by atoms with Gasteiger partial charge in [0.1, 0.15) is 14.8 Å². The third-order valence-electron chi connectivity index (χ3n) is 2.57. The van der Waals surface area contributed by atoms with Crippen LogP contribution in [0.5, 0.6) is 0 Å². The fourth-order valence-corrected chi connectivity index (χ4v) is 7.42. The fraction of sp³-hybridized carbons (Fsp3) is 1.00. The lowest BCUT2D eigenvalue weighted by atomic mass is 10.5. The summed E-state index contributed by atoms with van der Waals surface area (Å²) in [5.41, 5.74) is 0. The van der Waals surface area contributed by atoms with E-state index in [0.717, 1.165) is 17.3 Å². The first kappa shape index (κ1) is 13.6. The van der Waals surface area contributed by atoms with E-state index in [1.54, 1.807) is 35.3 Å². The van der Waals surface area contributed by atoms with Gasteiger partial charge in [-0.15, -0.1) is 35.3 Å². The van der Waals surface area contributed by atoms with E-state index in [2.05, 4.69) is 20.8 Å². The zero-order chi connectivity index (χ0) is 12.4. The Balaban J connectivity index is 1.71. The second-order valence-electron chi connectivity index (χ2n) is 4.99. The first-order valence-electron chi connectivity index (χ1n) is 5.38. The van der Waals surface area contributed by atoms with Gasteiger partial charge in [0, 0.05) is 17.3 Å². The average Bonchev–Trinajstić information content (AvgIpc) is 3.05. The molecule has 0 aromatic rings. The van der Waals surface area contributed by atoms with Gasteiger partial charge in [-0.1, -0.05) is 0 Å². The van der Waals surface area contributed by atoms with Crippen LogP contribution in [0.15, 0.2) is 0 Å². The molecule has 3 aliphatic heterocycles. The number of hydrogen-bond acceptors (Lipinski definition) is 7. The van der Waals surface area contributed by atoms with Crippen molar-refractivity contribution < 1.29 is 13.6 Å². The molecule has 3 heterocycles. The van der Waals surface area contributed by atoms with E-state index in [1.165, 1.54) is 0 Å². The van der Waals surface area contributed by atoms with Gasteiger partial charge >= 0.3 is 6.72 Å². The van der Waals surface area contributed by atoms with Crippen molar-refractivity contribution >= 4 is 53.8 Å². The third-order valence-corrected chi connectivity index (χ3v) is 9.04. The second kappa shape index (κ2) is 4.04. The highest BCUT2D eigenvalue weighted by molar-refractivity contribution is 8.12. The summed E-state index contributed by atoms with van der Waals surface area (Å²) in [5.74, 6) is 2.93. The molecule has 3 atom stereocenters. The van der Waals surface area contributed by atoms with Crippen LogP contribution < -0.4 is 0 Å². The molecule has 3 aliphatic rings. The van der Waals surface area contributed by atoms with Gasteiger partial charge in [0.2, 0.25) is 0 Å². The third kappa shape index (κ3) is 3.57. The van der Waals surface area contributed by atoms with Crippen molar-refractivity contribution in [2.75, 3.05) is 17.3 Å². The van der Waals surface area contributed by atoms with Gasteiger partial charge in [0.25, 0.3) is 0 Å². The smallest absolute Gasteiger partial charge is 0.290 e. The molecule has 3 fully saturated rings. The van der Waals surface area contributed by atoms with E-state index in [4.69, 9.17) is 25.4 Å². The molecule has 0 aliphatic carbocycles. The molecule has 17 heavy (non-hydrogen) atoms. The summed E-state index contributed by atoms with van der Waals surface area (Å²) < 4.78 is 18.0. The lowest BCUT2D eigenvalue weighted by molar-refractivity contribution is 0.0883. The topological polar surface area (TPSA) is 27.7 Å². The first-order chi connectivity index (χ1) is 7.74. The standard InChI is InChI=1S/C9H15O3PS4/c1-7(4-15-7)10-13(14,11-8(2)5-16-8)12-9(3)6-17-9/h4-6H2,1-3H3. The van der Waals surface area contributed by atoms with Crippen molar-refractivity contribution in [2.45, 2.75) is 35.6 Å². The van der Waals surface area contributed by atoms with E-state index in [9.17, 15) is 0 Å². The Kier molecular flexibility index (Phi) is 3.22. The highest BCUT2D eigenvalue weighted by atomic mass is 32.5. The van der Waals surface area contributed by atoms with Crippen molar-refractivity contribution in [3.05, 3.63) is 0 Å². The molecule has 0 spiro atoms. The van der Waals surface area contributed by atoms with E-state index < -0.39 is 6.72 Å². The summed E-state index contributed by atoms with van der Waals surface area (Å²) in [6.45, 7) is 3.53. The van der Waals surface area contributed by atoms with Crippen LogP contribution in [0, 0.1) is 0 Å². The predicted octanol–water partition coefficient (Wildman–Crippen LogP) is 3.65. The summed E-state index contributed by atoms with van der Waals surface area (Å²) in [5, 5.41) is 0. The van der Waals surface area contributed by atoms with Gasteiger partial charge < -0.3 is 0 Å². The minimum Gasteiger partial charge on any atom is -0.290 e. The van der Waals surface area contributed by atoms with Crippen LogP contribution in [-0.2, 0) is 25.4 Å². The van der Waals surface area contributed by atoms with E-state index >= 15 is 0 Å². The molecular weight excluding hydrogens is 315 g/mol. The molecule has 98 valence electrons. The second-order valence-corrected chi connectivity index (χ2v) is 12.1. The minimum absolute atomic E-state index is 0.179. The Morgan fingerprint density at radius 1 is 0.824 bits per heavy atom. The van der Waals surface area contributed by atoms with Crippen molar-refractivity contribution in [3.63, 3.8) is 0 Å². The van der Waals surface area contributed by atoms with Crippen LogP contribution in [0.1, 0.15) is 20.8 Å². The molecule has 0 aromatic carbocycles. The molecule has 3 saturated heterocycles. The van der Waals surface area contributed by atoms with Crippen LogP contribution in [0.4, 0.5) is 0 Å². The van der Waals surface area contributed by atoms with Crippen LogP contribution in [0.25, 0.3) is 0 Å². The quantitative estimate of drug-likeness (QED) is 0.542. The summed E-state index contributed by atoms with van der Waals surface area (Å²) in [6, 6.07) is 0. The van der Waals surface area contributed by atoms with E-state index in [1.807, 2.05) is 0 Å². The average molecular weight is 330 g/mol. The number of thioether (sulfide) groups is 3. The van der Waals surface area contributed by atoms with Crippen molar-refractivity contribution in [2.24, 2.45) is 0 Å². The van der Waals surface area contributed by atoms with Gasteiger partial charge in [-0.05, 0) is 32.6 Å². The fourth-order valence-electron chi connectivity index (χ4n) is 1.23. The maximum Gasteiger partial charge on any atom is 0.331 e. The van der Waals surface area contributed by atoms with Crippen molar-refractivity contribution in [1.29, 1.82) is 0 Å². The number of hydrogen-bond donors (Lipinski definition) is 0. The maximum atomic E-state index is 5.99. The molecule has 3 unspecified atom stereocenters. The minimum atomic E-state index is -2.63. The summed E-state index contributed by atoms with van der Waals surface area (Å²) in [7, 11) is 0. The predicted molar refractivity (Wildman–Crippen MR) is 80.1 cm³/mol. The van der Waals surface area contributed by atoms with Gasteiger partial charge in [-0.2, -0.15) is 0 Å². The summed E-state index contributed by atoms with van der Waals surface area (Å²) >= 11 is 10.8. The van der Waals surface area contributed by atoms with Crippen LogP contribution >= 0.6 is 42.0 Å². The zero-order valence-corrected chi connectivity index (χ0v) is 14.1. The monoisotopic (exact) mass is 330 g/mol. The highest BCUT2D eigenvalue weighted by Gasteiger charge is 2.55. The Morgan fingerprint density at radius 2 is 1.06 bits per heavy atom. The Hall–Kier alpha value is 1.58. The van der Waals surface area contributed by atoms with E-state index in [0.29, 0.717) is 0 Å². The van der Waals surface area contributed by atoms with Gasteiger partial charge in [0.15, 0.2) is 0 Å². The Labute approximate surface area is 120 Å². The molecule has 0 saturated carbocycles. The van der Waals surface area contributed by atoms with Crippen LogP contribution in [-0.4, -0.2) is 32.1 Å². The molecule has 0 radical (unpaired) electrons. The van der Waals surface area contributed by atoms with Crippen molar-refractivity contribution in [1.82, 2.24) is 0 Å². The zero-order valence-electron chi connectivity index (χ0n) is 9.93. The molecule has 0 bridgehead atoms. The molecule has 0 N–H and O–H groups in total. The molecule has 8 heteroatoms. The van der Waals surface area contributed by atoms with Gasteiger partial charge in [-0.25, -0.2) is 0 Å². The molecule has 0 aromatic heterocycles. The largest absolute Gasteiger partial charge is 0.331 e. The van der Waals surface area contributed by atoms with Crippen LogP contribution in [0.3, 0.4) is 0 Å². The molecule has 3 nitrogen and oxygen atoms in total. The Bertz CT molecular complexity index is 333. The lowest BCUT2D eigenvalue weighted by Gasteiger charge is -2.28. The lowest BCUT2D eigenvalue weighted by Crippen LogP contribution is -2.19.